The van der Waals surface area contributed by atoms with Gasteiger partial charge in [0.15, 0.2) is 0 Å². The first kappa shape index (κ1) is 12.7. The molecule has 3 N–H and O–H groups in total. The van der Waals surface area contributed by atoms with Gasteiger partial charge in [0.2, 0.25) is 0 Å². The van der Waals surface area contributed by atoms with Crippen LogP contribution in [0.4, 0.5) is 13.2 Å². The summed E-state index contributed by atoms with van der Waals surface area (Å²) in [5, 5.41) is 0. The van der Waals surface area contributed by atoms with Crippen molar-refractivity contribution in [3.8, 4) is 5.75 Å². The van der Waals surface area contributed by atoms with E-state index in [9.17, 15) is 21.6 Å². The van der Waals surface area contributed by atoms with Gasteiger partial charge in [-0.15, -0.1) is 13.2 Å². The molecule has 0 saturated heterocycles. The molecule has 0 heterocycles. The maximum absolute atomic E-state index is 11.8. The topological polar surface area (TPSA) is 81.4 Å². The highest BCUT2D eigenvalue weighted by atomic mass is 32.2. The van der Waals surface area contributed by atoms with Crippen molar-refractivity contribution in [1.29, 1.82) is 0 Å². The fourth-order valence-electron chi connectivity index (χ4n) is 0.889. The molecule has 0 fully saturated rings. The Morgan fingerprint density at radius 1 is 1.19 bits per heavy atom. The van der Waals surface area contributed by atoms with E-state index < -0.39 is 22.1 Å². The fraction of sp³-hybridized carbons (Fsp3) is 0.143. The van der Waals surface area contributed by atoms with E-state index in [1.807, 2.05) is 0 Å². The molecule has 9 heteroatoms. The summed E-state index contributed by atoms with van der Waals surface area (Å²) >= 11 is 0. The molecule has 1 aromatic carbocycles. The maximum atomic E-state index is 11.8. The average molecular weight is 256 g/mol. The number of rotatable bonds is 3. The van der Waals surface area contributed by atoms with Gasteiger partial charge in [0.25, 0.3) is 10.0 Å². The minimum absolute atomic E-state index is 0.260. The second kappa shape index (κ2) is 4.28. The Morgan fingerprint density at radius 3 is 2.06 bits per heavy atom. The molecule has 1 rings (SSSR count). The highest BCUT2D eigenvalue weighted by molar-refractivity contribution is 7.89. The molecule has 0 radical (unpaired) electrons. The van der Waals surface area contributed by atoms with Gasteiger partial charge in [0.1, 0.15) is 5.75 Å². The number of benzene rings is 1. The summed E-state index contributed by atoms with van der Waals surface area (Å²) in [6.07, 6.45) is -4.81. The standard InChI is InChI=1S/C7H7F3N2O3S/c8-7(9,10)15-5-1-3-6(4-2-5)16(13,14)12-11/h1-4,12H,11H2. The first-order valence-corrected chi connectivity index (χ1v) is 5.31. The van der Waals surface area contributed by atoms with Crippen LogP contribution in [0.2, 0.25) is 0 Å². The predicted octanol–water partition coefficient (Wildman–Crippen LogP) is 0.737. The minimum Gasteiger partial charge on any atom is -0.406 e. The molecular weight excluding hydrogens is 249 g/mol. The molecule has 0 aliphatic carbocycles. The second-order valence-electron chi connectivity index (χ2n) is 2.64. The van der Waals surface area contributed by atoms with Gasteiger partial charge >= 0.3 is 6.36 Å². The molecule has 5 nitrogen and oxygen atoms in total. The lowest BCUT2D eigenvalue weighted by molar-refractivity contribution is -0.274. The van der Waals surface area contributed by atoms with Gasteiger partial charge in [-0.1, -0.05) is 0 Å². The lowest BCUT2D eigenvalue weighted by atomic mass is 10.3. The maximum Gasteiger partial charge on any atom is 0.573 e. The van der Waals surface area contributed by atoms with Crippen molar-refractivity contribution in [1.82, 2.24) is 4.83 Å². The Balaban J connectivity index is 2.93. The number of ether oxygens (including phenoxy) is 1. The zero-order chi connectivity index (χ0) is 12.4. The fourth-order valence-corrected chi connectivity index (χ4v) is 1.52. The number of nitrogens with one attached hydrogen (secondary N) is 1. The molecule has 0 unspecified atom stereocenters. The van der Waals surface area contributed by atoms with Crippen LogP contribution in [-0.4, -0.2) is 14.8 Å². The average Bonchev–Trinajstić information content (AvgIpc) is 2.16. The number of alkyl halides is 3. The van der Waals surface area contributed by atoms with Gasteiger partial charge in [0.05, 0.1) is 4.90 Å². The van der Waals surface area contributed by atoms with Crippen LogP contribution in [0, 0.1) is 0 Å². The van der Waals surface area contributed by atoms with Crippen molar-refractivity contribution in [2.75, 3.05) is 0 Å². The van der Waals surface area contributed by atoms with Crippen molar-refractivity contribution in [3.05, 3.63) is 24.3 Å². The number of hydrogen-bond acceptors (Lipinski definition) is 4. The monoisotopic (exact) mass is 256 g/mol. The van der Waals surface area contributed by atoms with E-state index in [0.717, 1.165) is 24.3 Å². The minimum atomic E-state index is -4.81. The third-order valence-electron chi connectivity index (χ3n) is 1.52. The summed E-state index contributed by atoms with van der Waals surface area (Å²) in [4.78, 5) is 1.27. The van der Waals surface area contributed by atoms with Crippen molar-refractivity contribution < 1.29 is 26.3 Å². The first-order chi connectivity index (χ1) is 7.24. The Kier molecular flexibility index (Phi) is 3.41. The molecule has 1 aromatic rings. The molecule has 0 saturated carbocycles. The zero-order valence-electron chi connectivity index (χ0n) is 7.65. The molecule has 16 heavy (non-hydrogen) atoms. The van der Waals surface area contributed by atoms with Crippen LogP contribution in [0.5, 0.6) is 5.75 Å². The Bertz CT molecular complexity index is 455. The number of halogens is 3. The van der Waals surface area contributed by atoms with Crippen LogP contribution < -0.4 is 15.4 Å². The first-order valence-electron chi connectivity index (χ1n) is 3.83. The van der Waals surface area contributed by atoms with Crippen molar-refractivity contribution >= 4 is 10.0 Å². The largest absolute Gasteiger partial charge is 0.573 e. The van der Waals surface area contributed by atoms with E-state index in [-0.39, 0.29) is 4.90 Å². The van der Waals surface area contributed by atoms with Gasteiger partial charge in [-0.2, -0.15) is 4.83 Å². The Morgan fingerprint density at radius 2 is 1.69 bits per heavy atom. The lowest BCUT2D eigenvalue weighted by Crippen LogP contribution is -2.30. The third-order valence-corrected chi connectivity index (χ3v) is 2.73. The van der Waals surface area contributed by atoms with E-state index in [0.29, 0.717) is 0 Å². The normalized spacial score (nSPS) is 12.5. The van der Waals surface area contributed by atoms with E-state index in [2.05, 4.69) is 4.74 Å². The second-order valence-corrected chi connectivity index (χ2v) is 4.35. The van der Waals surface area contributed by atoms with Crippen LogP contribution >= 0.6 is 0 Å². The highest BCUT2D eigenvalue weighted by Crippen LogP contribution is 2.23. The van der Waals surface area contributed by atoms with Crippen molar-refractivity contribution in [3.63, 3.8) is 0 Å². The predicted molar refractivity (Wildman–Crippen MR) is 47.6 cm³/mol. The summed E-state index contributed by atoms with van der Waals surface area (Å²) in [6.45, 7) is 0. The summed E-state index contributed by atoms with van der Waals surface area (Å²) in [7, 11) is -3.87. The van der Waals surface area contributed by atoms with Crippen LogP contribution in [0.1, 0.15) is 0 Å². The van der Waals surface area contributed by atoms with Crippen LogP contribution in [0.25, 0.3) is 0 Å². The molecule has 0 aliphatic heterocycles. The molecule has 0 spiro atoms. The molecule has 90 valence electrons. The van der Waals surface area contributed by atoms with E-state index in [4.69, 9.17) is 5.84 Å². The molecule has 0 aromatic heterocycles. The zero-order valence-corrected chi connectivity index (χ0v) is 8.47. The number of sulfonamides is 1. The molecular formula is C7H7F3N2O3S. The summed E-state index contributed by atoms with van der Waals surface area (Å²) in [5.74, 6) is 4.22. The van der Waals surface area contributed by atoms with Crippen LogP contribution in [0.3, 0.4) is 0 Å². The molecule has 0 bridgehead atoms. The van der Waals surface area contributed by atoms with E-state index >= 15 is 0 Å². The SMILES string of the molecule is NNS(=O)(=O)c1ccc(OC(F)(F)F)cc1. The van der Waals surface area contributed by atoms with Gasteiger partial charge < -0.3 is 4.74 Å². The van der Waals surface area contributed by atoms with Crippen LogP contribution in [-0.2, 0) is 10.0 Å². The lowest BCUT2D eigenvalue weighted by Gasteiger charge is -2.09. The number of hydrogen-bond donors (Lipinski definition) is 2. The van der Waals surface area contributed by atoms with Gasteiger partial charge in [-0.25, -0.2) is 8.42 Å². The van der Waals surface area contributed by atoms with Crippen molar-refractivity contribution in [2.45, 2.75) is 11.3 Å². The summed E-state index contributed by atoms with van der Waals surface area (Å²) < 4.78 is 61.1. The smallest absolute Gasteiger partial charge is 0.406 e. The van der Waals surface area contributed by atoms with Gasteiger partial charge in [-0.05, 0) is 24.3 Å². The van der Waals surface area contributed by atoms with Crippen LogP contribution in [0.15, 0.2) is 29.2 Å². The van der Waals surface area contributed by atoms with Crippen molar-refractivity contribution in [2.24, 2.45) is 5.84 Å². The van der Waals surface area contributed by atoms with Gasteiger partial charge in [0, 0.05) is 0 Å². The Hall–Kier alpha value is -1.32. The molecule has 0 amide bonds. The van der Waals surface area contributed by atoms with E-state index in [1.54, 1.807) is 0 Å². The molecule has 0 atom stereocenters. The summed E-state index contributed by atoms with van der Waals surface area (Å²) in [6, 6.07) is 3.63. The number of nitrogens with two attached hydrogens (primary N) is 1. The number of hydrazine groups is 1. The van der Waals surface area contributed by atoms with Gasteiger partial charge in [-0.3, -0.25) is 5.84 Å². The Labute approximate surface area is 89.0 Å². The van der Waals surface area contributed by atoms with E-state index in [1.165, 1.54) is 4.83 Å². The summed E-state index contributed by atoms with van der Waals surface area (Å²) in [5.41, 5.74) is 0. The quantitative estimate of drug-likeness (QED) is 0.617. The third kappa shape index (κ3) is 3.36. The highest BCUT2D eigenvalue weighted by Gasteiger charge is 2.31. The molecule has 0 aliphatic rings.